The number of hydrogen-bond donors (Lipinski definition) is 1. The zero-order valence-electron chi connectivity index (χ0n) is 11.0. The Morgan fingerprint density at radius 1 is 0.913 bits per heavy atom. The number of nitrogens with one attached hydrogen (secondary N) is 1. The van der Waals surface area contributed by atoms with Gasteiger partial charge >= 0.3 is 0 Å². The SMILES string of the molecule is O=[N+]([O-])c1ccc(N/N=C/c2c(F)c(F)c(F)c(F)c2F)cc1. The van der Waals surface area contributed by atoms with Crippen molar-refractivity contribution in [3.63, 3.8) is 0 Å². The Hall–Kier alpha value is -3.04. The molecule has 1 N–H and O–H groups in total. The van der Waals surface area contributed by atoms with Crippen molar-refractivity contribution in [1.82, 2.24) is 0 Å². The Kier molecular flexibility index (Phi) is 4.53. The third-order valence-electron chi connectivity index (χ3n) is 2.71. The zero-order valence-corrected chi connectivity index (χ0v) is 11.0. The monoisotopic (exact) mass is 331 g/mol. The molecule has 0 atom stereocenters. The first kappa shape index (κ1) is 16.3. The summed E-state index contributed by atoms with van der Waals surface area (Å²) in [5, 5.41) is 13.8. The number of hydrazone groups is 1. The number of nitro groups is 1. The van der Waals surface area contributed by atoms with Crippen LogP contribution >= 0.6 is 0 Å². The summed E-state index contributed by atoms with van der Waals surface area (Å²) in [6, 6.07) is 4.76. The van der Waals surface area contributed by atoms with Crippen LogP contribution in [0.5, 0.6) is 0 Å². The molecule has 0 aliphatic rings. The quantitative estimate of drug-likeness (QED) is 0.232. The third kappa shape index (κ3) is 3.25. The van der Waals surface area contributed by atoms with Gasteiger partial charge in [-0.2, -0.15) is 5.10 Å². The molecule has 2 rings (SSSR count). The van der Waals surface area contributed by atoms with Crippen LogP contribution in [-0.4, -0.2) is 11.1 Å². The minimum Gasteiger partial charge on any atom is -0.278 e. The van der Waals surface area contributed by atoms with Gasteiger partial charge in [-0.25, -0.2) is 22.0 Å². The number of nitro benzene ring substituents is 1. The highest BCUT2D eigenvalue weighted by molar-refractivity contribution is 5.81. The Labute approximate surface area is 125 Å². The van der Waals surface area contributed by atoms with Crippen molar-refractivity contribution < 1.29 is 26.9 Å². The molecular formula is C13H6F5N3O2. The lowest BCUT2D eigenvalue weighted by Crippen LogP contribution is -2.07. The van der Waals surface area contributed by atoms with Gasteiger partial charge in [0.1, 0.15) is 0 Å². The Balaban J connectivity index is 2.23. The molecule has 0 saturated heterocycles. The first-order chi connectivity index (χ1) is 10.8. The average Bonchev–Trinajstić information content (AvgIpc) is 2.54. The molecule has 0 amide bonds. The molecule has 0 aromatic heterocycles. The number of benzene rings is 2. The van der Waals surface area contributed by atoms with Crippen molar-refractivity contribution in [3.8, 4) is 0 Å². The zero-order chi connectivity index (χ0) is 17.1. The van der Waals surface area contributed by atoms with Crippen molar-refractivity contribution in [2.75, 3.05) is 5.43 Å². The van der Waals surface area contributed by atoms with E-state index >= 15 is 0 Å². The van der Waals surface area contributed by atoms with Gasteiger partial charge in [0.05, 0.1) is 22.4 Å². The Morgan fingerprint density at radius 3 is 1.87 bits per heavy atom. The van der Waals surface area contributed by atoms with E-state index in [9.17, 15) is 32.1 Å². The van der Waals surface area contributed by atoms with Crippen LogP contribution in [0.15, 0.2) is 29.4 Å². The summed E-state index contributed by atoms with van der Waals surface area (Å²) in [6.45, 7) is 0. The summed E-state index contributed by atoms with van der Waals surface area (Å²) in [7, 11) is 0. The minimum absolute atomic E-state index is 0.195. The van der Waals surface area contributed by atoms with E-state index in [1.54, 1.807) is 0 Å². The molecule has 2 aromatic rings. The van der Waals surface area contributed by atoms with E-state index in [-0.39, 0.29) is 11.4 Å². The van der Waals surface area contributed by atoms with Gasteiger partial charge in [0.15, 0.2) is 23.3 Å². The van der Waals surface area contributed by atoms with Crippen molar-refractivity contribution in [1.29, 1.82) is 0 Å². The van der Waals surface area contributed by atoms with Crippen LogP contribution < -0.4 is 5.43 Å². The first-order valence-corrected chi connectivity index (χ1v) is 5.88. The Morgan fingerprint density at radius 2 is 1.39 bits per heavy atom. The van der Waals surface area contributed by atoms with Crippen LogP contribution in [0, 0.1) is 39.2 Å². The predicted molar refractivity (Wildman–Crippen MR) is 70.5 cm³/mol. The minimum atomic E-state index is -2.26. The van der Waals surface area contributed by atoms with Gasteiger partial charge in [-0.15, -0.1) is 0 Å². The highest BCUT2D eigenvalue weighted by atomic mass is 19.2. The van der Waals surface area contributed by atoms with E-state index in [0.29, 0.717) is 6.21 Å². The van der Waals surface area contributed by atoms with Crippen molar-refractivity contribution in [2.45, 2.75) is 0 Å². The maximum Gasteiger partial charge on any atom is 0.269 e. The van der Waals surface area contributed by atoms with E-state index in [2.05, 4.69) is 10.5 Å². The molecule has 5 nitrogen and oxygen atoms in total. The molecule has 0 aliphatic heterocycles. The fourth-order valence-electron chi connectivity index (χ4n) is 1.56. The number of hydrogen-bond acceptors (Lipinski definition) is 4. The van der Waals surface area contributed by atoms with E-state index in [4.69, 9.17) is 0 Å². The lowest BCUT2D eigenvalue weighted by Gasteiger charge is -2.04. The number of anilines is 1. The fourth-order valence-corrected chi connectivity index (χ4v) is 1.56. The van der Waals surface area contributed by atoms with E-state index in [1.807, 2.05) is 0 Å². The highest BCUT2D eigenvalue weighted by Gasteiger charge is 2.24. The second kappa shape index (κ2) is 6.38. The van der Waals surface area contributed by atoms with Gasteiger partial charge in [0.25, 0.3) is 5.69 Å². The van der Waals surface area contributed by atoms with Crippen LogP contribution in [0.2, 0.25) is 0 Å². The standard InChI is InChI=1S/C13H6F5N3O2/c14-9-8(10(15)12(17)13(18)11(9)16)5-19-20-6-1-3-7(4-2-6)21(22)23/h1-5,20H/b19-5+. The summed E-state index contributed by atoms with van der Waals surface area (Å²) in [4.78, 5) is 9.81. The summed E-state index contributed by atoms with van der Waals surface area (Å²) in [5.74, 6) is -10.5. The van der Waals surface area contributed by atoms with Crippen LogP contribution in [0.3, 0.4) is 0 Å². The molecule has 0 unspecified atom stereocenters. The summed E-state index contributed by atoms with van der Waals surface area (Å²) in [6.07, 6.45) is 0.414. The molecule has 0 radical (unpaired) electrons. The summed E-state index contributed by atoms with van der Waals surface area (Å²) in [5.41, 5.74) is 1.04. The van der Waals surface area contributed by atoms with Gasteiger partial charge < -0.3 is 0 Å². The molecule has 120 valence electrons. The molecule has 0 heterocycles. The van der Waals surface area contributed by atoms with E-state index in [0.717, 1.165) is 12.1 Å². The van der Waals surface area contributed by atoms with Crippen molar-refractivity contribution in [2.24, 2.45) is 5.10 Å². The van der Waals surface area contributed by atoms with Crippen LogP contribution in [0.1, 0.15) is 5.56 Å². The summed E-state index contributed by atoms with van der Waals surface area (Å²) >= 11 is 0. The topological polar surface area (TPSA) is 67.5 Å². The summed E-state index contributed by atoms with van der Waals surface area (Å²) < 4.78 is 65.5. The first-order valence-electron chi connectivity index (χ1n) is 5.88. The van der Waals surface area contributed by atoms with Gasteiger partial charge in [-0.05, 0) is 12.1 Å². The van der Waals surface area contributed by atoms with Gasteiger partial charge in [-0.3, -0.25) is 15.5 Å². The van der Waals surface area contributed by atoms with Gasteiger partial charge in [0, 0.05) is 12.1 Å². The molecule has 23 heavy (non-hydrogen) atoms. The second-order valence-corrected chi connectivity index (χ2v) is 4.16. The van der Waals surface area contributed by atoms with Crippen molar-refractivity contribution in [3.05, 3.63) is 69.0 Å². The molecule has 0 aliphatic carbocycles. The lowest BCUT2D eigenvalue weighted by atomic mass is 10.2. The molecule has 2 aromatic carbocycles. The van der Waals surface area contributed by atoms with Gasteiger partial charge in [0.2, 0.25) is 5.82 Å². The largest absolute Gasteiger partial charge is 0.278 e. The number of nitrogens with zero attached hydrogens (tertiary/aromatic N) is 2. The van der Waals surface area contributed by atoms with Crippen molar-refractivity contribution >= 4 is 17.6 Å². The number of halogens is 5. The van der Waals surface area contributed by atoms with Gasteiger partial charge in [-0.1, -0.05) is 0 Å². The third-order valence-corrected chi connectivity index (χ3v) is 2.71. The number of non-ortho nitro benzene ring substituents is 1. The maximum atomic E-state index is 13.4. The second-order valence-electron chi connectivity index (χ2n) is 4.16. The van der Waals surface area contributed by atoms with Crippen LogP contribution in [-0.2, 0) is 0 Å². The predicted octanol–water partition coefficient (Wildman–Crippen LogP) is 3.74. The van der Waals surface area contributed by atoms with Crippen LogP contribution in [0.25, 0.3) is 0 Å². The van der Waals surface area contributed by atoms with E-state index in [1.165, 1.54) is 12.1 Å². The fraction of sp³-hybridized carbons (Fsp3) is 0. The molecular weight excluding hydrogens is 325 g/mol. The molecule has 0 fully saturated rings. The lowest BCUT2D eigenvalue weighted by molar-refractivity contribution is -0.384. The average molecular weight is 331 g/mol. The smallest absolute Gasteiger partial charge is 0.269 e. The molecule has 0 saturated carbocycles. The molecule has 0 spiro atoms. The van der Waals surface area contributed by atoms with E-state index < -0.39 is 39.6 Å². The molecule has 10 heteroatoms. The molecule has 0 bridgehead atoms. The highest BCUT2D eigenvalue weighted by Crippen LogP contribution is 2.22. The van der Waals surface area contributed by atoms with Crippen LogP contribution in [0.4, 0.5) is 33.3 Å². The Bertz CT molecular complexity index is 764. The maximum absolute atomic E-state index is 13.4. The normalized spacial score (nSPS) is 11.0. The number of rotatable bonds is 4.